The number of fused-ring (bicyclic) bond motifs is 1. The van der Waals surface area contributed by atoms with Crippen LogP contribution < -0.4 is 15.5 Å². The lowest BCUT2D eigenvalue weighted by Crippen LogP contribution is -2.44. The maximum atomic E-state index is 11.5. The first-order chi connectivity index (χ1) is 10.3. The summed E-state index contributed by atoms with van der Waals surface area (Å²) in [7, 11) is 1.41. The fraction of sp³-hybridized carbons (Fsp3) is 0.562. The summed E-state index contributed by atoms with van der Waals surface area (Å²) in [4.78, 5) is 14.0. The molecule has 5 heteroatoms. The van der Waals surface area contributed by atoms with Gasteiger partial charge in [0, 0.05) is 31.9 Å². The van der Waals surface area contributed by atoms with Crippen LogP contribution in [-0.4, -0.2) is 39.4 Å². The number of ether oxygens (including phenoxy) is 1. The smallest absolute Gasteiger partial charge is 0.407 e. The Labute approximate surface area is 125 Å². The third kappa shape index (κ3) is 2.97. The molecule has 0 bridgehead atoms. The van der Waals surface area contributed by atoms with Gasteiger partial charge in [0.2, 0.25) is 0 Å². The largest absolute Gasteiger partial charge is 0.453 e. The van der Waals surface area contributed by atoms with E-state index in [-0.39, 0.29) is 12.1 Å². The van der Waals surface area contributed by atoms with Crippen LogP contribution in [0.3, 0.4) is 0 Å². The molecule has 0 radical (unpaired) electrons. The van der Waals surface area contributed by atoms with E-state index in [2.05, 4.69) is 33.7 Å². The van der Waals surface area contributed by atoms with Gasteiger partial charge in [-0.25, -0.2) is 4.79 Å². The lowest BCUT2D eigenvalue weighted by molar-refractivity contribution is 0.165. The van der Waals surface area contributed by atoms with E-state index in [0.29, 0.717) is 0 Å². The van der Waals surface area contributed by atoms with E-state index in [1.165, 1.54) is 23.9 Å². The van der Waals surface area contributed by atoms with Crippen molar-refractivity contribution in [2.45, 2.75) is 25.3 Å². The van der Waals surface area contributed by atoms with Crippen molar-refractivity contribution in [2.75, 3.05) is 38.2 Å². The number of benzene rings is 1. The molecule has 3 rings (SSSR count). The number of hydrogen-bond donors (Lipinski definition) is 2. The minimum Gasteiger partial charge on any atom is -0.453 e. The minimum absolute atomic E-state index is 0.0732. The number of nitrogens with one attached hydrogen (secondary N) is 2. The summed E-state index contributed by atoms with van der Waals surface area (Å²) in [6.07, 6.45) is 2.83. The first-order valence-corrected chi connectivity index (χ1v) is 7.71. The number of anilines is 1. The number of carbonyl (C=O) groups is 1. The van der Waals surface area contributed by atoms with Gasteiger partial charge in [-0.1, -0.05) is 12.1 Å². The SMILES string of the molecule is COC(=O)NC1CCCc2c1cccc2N1CCNCC1. The normalized spacial score (nSPS) is 21.6. The predicted molar refractivity (Wildman–Crippen MR) is 82.7 cm³/mol. The fourth-order valence-corrected chi connectivity index (χ4v) is 3.38. The lowest BCUT2D eigenvalue weighted by atomic mass is 9.86. The molecule has 2 N–H and O–H groups in total. The Hall–Kier alpha value is -1.75. The van der Waals surface area contributed by atoms with E-state index in [9.17, 15) is 4.79 Å². The average Bonchev–Trinajstić information content (AvgIpc) is 2.55. The summed E-state index contributed by atoms with van der Waals surface area (Å²) >= 11 is 0. The second-order valence-corrected chi connectivity index (χ2v) is 5.66. The van der Waals surface area contributed by atoms with Crippen LogP contribution >= 0.6 is 0 Å². The Morgan fingerprint density at radius 1 is 1.38 bits per heavy atom. The number of nitrogens with zero attached hydrogens (tertiary/aromatic N) is 1. The molecule has 114 valence electrons. The summed E-state index contributed by atoms with van der Waals surface area (Å²) in [6, 6.07) is 6.53. The lowest BCUT2D eigenvalue weighted by Gasteiger charge is -2.34. The van der Waals surface area contributed by atoms with Crippen molar-refractivity contribution in [1.29, 1.82) is 0 Å². The summed E-state index contributed by atoms with van der Waals surface area (Å²) in [5.74, 6) is 0. The third-order valence-electron chi connectivity index (χ3n) is 4.42. The molecule has 1 aromatic carbocycles. The van der Waals surface area contributed by atoms with Crippen LogP contribution in [0.2, 0.25) is 0 Å². The van der Waals surface area contributed by atoms with Crippen molar-refractivity contribution >= 4 is 11.8 Å². The van der Waals surface area contributed by atoms with Gasteiger partial charge in [-0.15, -0.1) is 0 Å². The zero-order valence-electron chi connectivity index (χ0n) is 12.5. The molecule has 1 aliphatic heterocycles. The van der Waals surface area contributed by atoms with E-state index >= 15 is 0 Å². The van der Waals surface area contributed by atoms with Crippen LogP contribution in [0, 0.1) is 0 Å². The monoisotopic (exact) mass is 289 g/mol. The number of carbonyl (C=O) groups excluding carboxylic acids is 1. The quantitative estimate of drug-likeness (QED) is 0.872. The summed E-state index contributed by atoms with van der Waals surface area (Å²) in [5.41, 5.74) is 3.99. The van der Waals surface area contributed by atoms with Crippen molar-refractivity contribution in [3.05, 3.63) is 29.3 Å². The molecular formula is C16H23N3O2. The molecule has 0 aromatic heterocycles. The number of piperazine rings is 1. The van der Waals surface area contributed by atoms with E-state index < -0.39 is 0 Å². The first-order valence-electron chi connectivity index (χ1n) is 7.71. The summed E-state index contributed by atoms with van der Waals surface area (Å²) in [5, 5.41) is 6.35. The van der Waals surface area contributed by atoms with Gasteiger partial charge in [-0.05, 0) is 36.5 Å². The average molecular weight is 289 g/mol. The number of hydrogen-bond acceptors (Lipinski definition) is 4. The molecule has 1 unspecified atom stereocenters. The molecule has 0 saturated carbocycles. The van der Waals surface area contributed by atoms with E-state index in [1.54, 1.807) is 0 Å². The molecule has 5 nitrogen and oxygen atoms in total. The van der Waals surface area contributed by atoms with Crippen LogP contribution in [0.4, 0.5) is 10.5 Å². The van der Waals surface area contributed by atoms with Gasteiger partial charge in [0.1, 0.15) is 0 Å². The van der Waals surface area contributed by atoms with E-state index in [0.717, 1.165) is 45.4 Å². The molecule has 0 spiro atoms. The van der Waals surface area contributed by atoms with Crippen LogP contribution in [0.15, 0.2) is 18.2 Å². The molecule has 1 heterocycles. The van der Waals surface area contributed by atoms with Crippen LogP contribution in [-0.2, 0) is 11.2 Å². The maximum absolute atomic E-state index is 11.5. The van der Waals surface area contributed by atoms with E-state index in [4.69, 9.17) is 4.74 Å². The third-order valence-corrected chi connectivity index (χ3v) is 4.42. The Kier molecular flexibility index (Phi) is 4.29. The molecule has 1 amide bonds. The van der Waals surface area contributed by atoms with E-state index in [1.807, 2.05) is 0 Å². The van der Waals surface area contributed by atoms with Gasteiger partial charge < -0.3 is 20.3 Å². The zero-order chi connectivity index (χ0) is 14.7. The van der Waals surface area contributed by atoms with Gasteiger partial charge in [0.15, 0.2) is 0 Å². The number of amides is 1. The molecule has 1 aliphatic carbocycles. The maximum Gasteiger partial charge on any atom is 0.407 e. The molecule has 1 saturated heterocycles. The summed E-state index contributed by atoms with van der Waals surface area (Å²) in [6.45, 7) is 4.16. The van der Waals surface area contributed by atoms with Crippen molar-refractivity contribution in [2.24, 2.45) is 0 Å². The molecule has 1 atom stereocenters. The number of alkyl carbamates (subject to hydrolysis) is 1. The van der Waals surface area contributed by atoms with Crippen LogP contribution in [0.5, 0.6) is 0 Å². The minimum atomic E-state index is -0.347. The van der Waals surface area contributed by atoms with Gasteiger partial charge in [0.05, 0.1) is 13.2 Å². The Morgan fingerprint density at radius 3 is 2.95 bits per heavy atom. The van der Waals surface area contributed by atoms with Gasteiger partial charge in [0.25, 0.3) is 0 Å². The van der Waals surface area contributed by atoms with Gasteiger partial charge >= 0.3 is 6.09 Å². The molecule has 1 aromatic rings. The highest BCUT2D eigenvalue weighted by atomic mass is 16.5. The molecule has 21 heavy (non-hydrogen) atoms. The van der Waals surface area contributed by atoms with Gasteiger partial charge in [-0.2, -0.15) is 0 Å². The molecule has 1 fully saturated rings. The van der Waals surface area contributed by atoms with Crippen LogP contribution in [0.1, 0.15) is 30.0 Å². The molecular weight excluding hydrogens is 266 g/mol. The number of methoxy groups -OCH3 is 1. The predicted octanol–water partition coefficient (Wildman–Crippen LogP) is 1.83. The topological polar surface area (TPSA) is 53.6 Å². The molecule has 2 aliphatic rings. The Balaban J connectivity index is 1.87. The van der Waals surface area contributed by atoms with Crippen molar-refractivity contribution in [3.8, 4) is 0 Å². The highest BCUT2D eigenvalue weighted by Gasteiger charge is 2.25. The van der Waals surface area contributed by atoms with Crippen molar-refractivity contribution in [3.63, 3.8) is 0 Å². The highest BCUT2D eigenvalue weighted by molar-refractivity contribution is 5.68. The fourth-order valence-electron chi connectivity index (χ4n) is 3.38. The standard InChI is InChI=1S/C16H23N3O2/c1-21-16(20)18-14-6-2-5-13-12(14)4-3-7-15(13)19-10-8-17-9-11-19/h3-4,7,14,17H,2,5-6,8-11H2,1H3,(H,18,20). The van der Waals surface area contributed by atoms with Crippen molar-refractivity contribution in [1.82, 2.24) is 10.6 Å². The Morgan fingerprint density at radius 2 is 2.19 bits per heavy atom. The zero-order valence-corrected chi connectivity index (χ0v) is 12.5. The number of rotatable bonds is 2. The second kappa shape index (κ2) is 6.35. The van der Waals surface area contributed by atoms with Crippen molar-refractivity contribution < 1.29 is 9.53 Å². The second-order valence-electron chi connectivity index (χ2n) is 5.66. The Bertz CT molecular complexity index is 512. The highest BCUT2D eigenvalue weighted by Crippen LogP contribution is 2.35. The summed E-state index contributed by atoms with van der Waals surface area (Å²) < 4.78 is 4.75. The van der Waals surface area contributed by atoms with Crippen LogP contribution in [0.25, 0.3) is 0 Å². The first kappa shape index (κ1) is 14.2. The van der Waals surface area contributed by atoms with Gasteiger partial charge in [-0.3, -0.25) is 0 Å².